The van der Waals surface area contributed by atoms with Crippen LogP contribution in [0.1, 0.15) is 21.5 Å². The number of carbonyl (C=O) groups is 1. The number of hydrogen-bond acceptors (Lipinski definition) is 3. The number of likely N-dealkylation sites (N-methyl/N-ethyl adjacent to an activating group) is 1. The van der Waals surface area contributed by atoms with E-state index < -0.39 is 0 Å². The van der Waals surface area contributed by atoms with Crippen molar-refractivity contribution in [3.63, 3.8) is 0 Å². The third-order valence-corrected chi connectivity index (χ3v) is 3.60. The van der Waals surface area contributed by atoms with Crippen LogP contribution >= 0.6 is 0 Å². The fourth-order valence-corrected chi connectivity index (χ4v) is 2.48. The molecule has 0 atom stereocenters. The molecule has 1 heterocycles. The molecule has 2 aromatic rings. The van der Waals surface area contributed by atoms with Crippen molar-refractivity contribution in [1.29, 1.82) is 0 Å². The van der Waals surface area contributed by atoms with Gasteiger partial charge >= 0.3 is 5.97 Å². The number of fused-ring (bicyclic) bond motifs is 1. The molecule has 0 fully saturated rings. The maximum atomic E-state index is 12.0. The van der Waals surface area contributed by atoms with Crippen LogP contribution in [0.3, 0.4) is 0 Å². The molecule has 20 heavy (non-hydrogen) atoms. The van der Waals surface area contributed by atoms with Crippen molar-refractivity contribution in [2.75, 3.05) is 13.6 Å². The molecular weight excluding hydrogens is 250 g/mol. The third-order valence-electron chi connectivity index (χ3n) is 3.60. The van der Waals surface area contributed by atoms with Gasteiger partial charge in [0.25, 0.3) is 0 Å². The maximum absolute atomic E-state index is 12.0. The summed E-state index contributed by atoms with van der Waals surface area (Å²) in [7, 11) is 2.10. The van der Waals surface area contributed by atoms with Gasteiger partial charge in [0.1, 0.15) is 5.75 Å². The smallest absolute Gasteiger partial charge is 0.343 e. The first kappa shape index (κ1) is 12.9. The van der Waals surface area contributed by atoms with Crippen LogP contribution in [0.2, 0.25) is 0 Å². The summed E-state index contributed by atoms with van der Waals surface area (Å²) in [4.78, 5) is 14.3. The van der Waals surface area contributed by atoms with Gasteiger partial charge in [0.15, 0.2) is 0 Å². The molecule has 0 saturated heterocycles. The Morgan fingerprint density at radius 1 is 1.10 bits per heavy atom. The summed E-state index contributed by atoms with van der Waals surface area (Å²) in [5.41, 5.74) is 3.17. The molecule has 102 valence electrons. The lowest BCUT2D eigenvalue weighted by Gasteiger charge is -2.25. The third kappa shape index (κ3) is 2.73. The zero-order valence-corrected chi connectivity index (χ0v) is 11.5. The zero-order chi connectivity index (χ0) is 13.9. The van der Waals surface area contributed by atoms with Gasteiger partial charge in [-0.15, -0.1) is 0 Å². The van der Waals surface area contributed by atoms with Crippen molar-refractivity contribution in [1.82, 2.24) is 4.90 Å². The van der Waals surface area contributed by atoms with E-state index in [4.69, 9.17) is 4.74 Å². The SMILES string of the molecule is CN1CCc2ccc(OC(=O)c3ccccc3)cc2C1. The molecule has 3 rings (SSSR count). The predicted octanol–water partition coefficient (Wildman–Crippen LogP) is 2.89. The van der Waals surface area contributed by atoms with Crippen LogP contribution in [0.15, 0.2) is 48.5 Å². The molecular formula is C17H17NO2. The average Bonchev–Trinajstić information content (AvgIpc) is 2.47. The first-order valence-electron chi connectivity index (χ1n) is 6.80. The van der Waals surface area contributed by atoms with Crippen molar-refractivity contribution in [2.24, 2.45) is 0 Å². The molecule has 1 aliphatic rings. The predicted molar refractivity (Wildman–Crippen MR) is 77.9 cm³/mol. The van der Waals surface area contributed by atoms with Gasteiger partial charge in [-0.25, -0.2) is 4.79 Å². The standard InChI is InChI=1S/C17H17NO2/c1-18-10-9-13-7-8-16(11-15(13)12-18)20-17(19)14-5-3-2-4-6-14/h2-8,11H,9-10,12H2,1H3. The number of ether oxygens (including phenoxy) is 1. The van der Waals surface area contributed by atoms with E-state index in [0.717, 1.165) is 19.5 Å². The Kier molecular flexibility index (Phi) is 3.52. The summed E-state index contributed by atoms with van der Waals surface area (Å²) in [6.45, 7) is 1.99. The van der Waals surface area contributed by atoms with Crippen molar-refractivity contribution >= 4 is 5.97 Å². The van der Waals surface area contributed by atoms with Crippen LogP contribution in [0, 0.1) is 0 Å². The molecule has 0 bridgehead atoms. The molecule has 0 radical (unpaired) electrons. The van der Waals surface area contributed by atoms with Gasteiger partial charge in [0, 0.05) is 13.1 Å². The fraction of sp³-hybridized carbons (Fsp3) is 0.235. The van der Waals surface area contributed by atoms with Gasteiger partial charge in [0.2, 0.25) is 0 Å². The second-order valence-electron chi connectivity index (χ2n) is 5.17. The van der Waals surface area contributed by atoms with E-state index in [1.807, 2.05) is 30.3 Å². The van der Waals surface area contributed by atoms with Crippen LogP contribution in [-0.2, 0) is 13.0 Å². The molecule has 2 aromatic carbocycles. The van der Waals surface area contributed by atoms with Crippen LogP contribution < -0.4 is 4.74 Å². The van der Waals surface area contributed by atoms with E-state index in [2.05, 4.69) is 18.0 Å². The van der Waals surface area contributed by atoms with Crippen LogP contribution in [0.4, 0.5) is 0 Å². The minimum absolute atomic E-state index is 0.310. The van der Waals surface area contributed by atoms with Crippen molar-refractivity contribution < 1.29 is 9.53 Å². The Labute approximate surface area is 118 Å². The number of esters is 1. The van der Waals surface area contributed by atoms with Crippen molar-refractivity contribution in [3.8, 4) is 5.75 Å². The normalized spacial score (nSPS) is 14.7. The largest absolute Gasteiger partial charge is 0.423 e. The molecule has 0 amide bonds. The van der Waals surface area contributed by atoms with Crippen molar-refractivity contribution in [3.05, 3.63) is 65.2 Å². The summed E-state index contributed by atoms with van der Waals surface area (Å²) in [5.74, 6) is 0.308. The lowest BCUT2D eigenvalue weighted by Crippen LogP contribution is -2.26. The molecule has 0 aliphatic carbocycles. The second kappa shape index (κ2) is 5.47. The van der Waals surface area contributed by atoms with E-state index in [-0.39, 0.29) is 5.97 Å². The zero-order valence-electron chi connectivity index (χ0n) is 11.5. The first-order chi connectivity index (χ1) is 9.72. The highest BCUT2D eigenvalue weighted by atomic mass is 16.5. The Morgan fingerprint density at radius 2 is 1.90 bits per heavy atom. The van der Waals surface area contributed by atoms with E-state index in [9.17, 15) is 4.79 Å². The van der Waals surface area contributed by atoms with E-state index in [1.165, 1.54) is 11.1 Å². The minimum atomic E-state index is -0.310. The summed E-state index contributed by atoms with van der Waals surface area (Å²) < 4.78 is 5.44. The van der Waals surface area contributed by atoms with E-state index in [0.29, 0.717) is 11.3 Å². The Morgan fingerprint density at radius 3 is 2.70 bits per heavy atom. The van der Waals surface area contributed by atoms with Gasteiger partial charge in [0.05, 0.1) is 5.56 Å². The number of carbonyl (C=O) groups excluding carboxylic acids is 1. The van der Waals surface area contributed by atoms with Crippen molar-refractivity contribution in [2.45, 2.75) is 13.0 Å². The number of benzene rings is 2. The average molecular weight is 267 g/mol. The quantitative estimate of drug-likeness (QED) is 0.619. The highest BCUT2D eigenvalue weighted by Crippen LogP contribution is 2.23. The highest BCUT2D eigenvalue weighted by Gasteiger charge is 2.15. The van der Waals surface area contributed by atoms with Gasteiger partial charge in [-0.1, -0.05) is 24.3 Å². The molecule has 0 aromatic heterocycles. The van der Waals surface area contributed by atoms with Gasteiger partial charge in [-0.2, -0.15) is 0 Å². The molecule has 3 heteroatoms. The van der Waals surface area contributed by atoms with E-state index in [1.54, 1.807) is 12.1 Å². The Balaban J connectivity index is 1.78. The molecule has 0 N–H and O–H groups in total. The van der Waals surface area contributed by atoms with Crippen LogP contribution in [0.5, 0.6) is 5.75 Å². The number of nitrogens with zero attached hydrogens (tertiary/aromatic N) is 1. The highest BCUT2D eigenvalue weighted by molar-refractivity contribution is 5.90. The monoisotopic (exact) mass is 267 g/mol. The summed E-state index contributed by atoms with van der Waals surface area (Å²) in [6.07, 6.45) is 1.05. The number of rotatable bonds is 2. The molecule has 0 unspecified atom stereocenters. The fourth-order valence-electron chi connectivity index (χ4n) is 2.48. The summed E-state index contributed by atoms with van der Waals surface area (Å²) >= 11 is 0. The lowest BCUT2D eigenvalue weighted by molar-refractivity contribution is 0.0734. The van der Waals surface area contributed by atoms with Gasteiger partial charge < -0.3 is 9.64 Å². The molecule has 0 spiro atoms. The van der Waals surface area contributed by atoms with Gasteiger partial charge in [-0.05, 0) is 48.9 Å². The lowest BCUT2D eigenvalue weighted by atomic mass is 10.00. The Bertz CT molecular complexity index is 622. The van der Waals surface area contributed by atoms with E-state index >= 15 is 0 Å². The first-order valence-corrected chi connectivity index (χ1v) is 6.80. The minimum Gasteiger partial charge on any atom is -0.423 e. The molecule has 0 saturated carbocycles. The number of hydrogen-bond donors (Lipinski definition) is 0. The molecule has 1 aliphatic heterocycles. The van der Waals surface area contributed by atoms with Crippen LogP contribution in [0.25, 0.3) is 0 Å². The second-order valence-corrected chi connectivity index (χ2v) is 5.17. The van der Waals surface area contributed by atoms with Crippen LogP contribution in [-0.4, -0.2) is 24.5 Å². The summed E-state index contributed by atoms with van der Waals surface area (Å²) in [5, 5.41) is 0. The topological polar surface area (TPSA) is 29.5 Å². The van der Waals surface area contributed by atoms with Gasteiger partial charge in [-0.3, -0.25) is 0 Å². The maximum Gasteiger partial charge on any atom is 0.343 e. The Hall–Kier alpha value is -2.13. The molecule has 3 nitrogen and oxygen atoms in total. The summed E-state index contributed by atoms with van der Waals surface area (Å²) in [6, 6.07) is 15.0.